The summed E-state index contributed by atoms with van der Waals surface area (Å²) in [4.78, 5) is 12.5. The molecule has 3 rings (SSSR count). The molecule has 1 N–H and O–H groups in total. The maximum atomic E-state index is 13.6. The summed E-state index contributed by atoms with van der Waals surface area (Å²) in [7, 11) is -1.79. The Morgan fingerprint density at radius 2 is 1.70 bits per heavy atom. The summed E-state index contributed by atoms with van der Waals surface area (Å²) in [5.74, 6) is 1.19. The predicted octanol–water partition coefficient (Wildman–Crippen LogP) is 6.01. The molecule has 0 bridgehead atoms. The first-order chi connectivity index (χ1) is 19.0. The van der Waals surface area contributed by atoms with Gasteiger partial charge in [0.05, 0.1) is 30.4 Å². The third kappa shape index (κ3) is 8.45. The van der Waals surface area contributed by atoms with Gasteiger partial charge in [-0.25, -0.2) is 8.42 Å². The standard InChI is InChI=1S/C27H28ClF3N2O5S2/c1-37-24-12-11-23(16-25(24)38-2)40(35,36)33(22-6-3-5-20(15-22)27(29,30)31)17-26(34)32-13-4-14-39-18-19-7-9-21(28)10-8-19/h3,5-12,15-16H,4,13-14,17-18H2,1-2H3,(H,32,34). The quantitative estimate of drug-likeness (QED) is 0.237. The van der Waals surface area contributed by atoms with Crippen LogP contribution in [0.25, 0.3) is 0 Å². The molecule has 7 nitrogen and oxygen atoms in total. The van der Waals surface area contributed by atoms with E-state index in [9.17, 15) is 26.4 Å². The highest BCUT2D eigenvalue weighted by Crippen LogP contribution is 2.35. The van der Waals surface area contributed by atoms with E-state index >= 15 is 0 Å². The van der Waals surface area contributed by atoms with Crippen molar-refractivity contribution in [1.82, 2.24) is 5.32 Å². The number of nitrogens with one attached hydrogen (secondary N) is 1. The van der Waals surface area contributed by atoms with Gasteiger partial charge in [-0.3, -0.25) is 9.10 Å². The average Bonchev–Trinajstić information content (AvgIpc) is 2.93. The minimum atomic E-state index is -4.71. The third-order valence-corrected chi connectivity index (χ3v) is 8.80. The van der Waals surface area contributed by atoms with Gasteiger partial charge in [-0.2, -0.15) is 24.9 Å². The number of hydrogen-bond acceptors (Lipinski definition) is 6. The summed E-state index contributed by atoms with van der Waals surface area (Å²) in [5, 5.41) is 3.31. The van der Waals surface area contributed by atoms with Gasteiger partial charge in [0.1, 0.15) is 6.54 Å². The van der Waals surface area contributed by atoms with Crippen LogP contribution < -0.4 is 19.1 Å². The van der Waals surface area contributed by atoms with Crippen LogP contribution in [0.2, 0.25) is 5.02 Å². The SMILES string of the molecule is COc1ccc(S(=O)(=O)N(CC(=O)NCCCSCc2ccc(Cl)cc2)c2cccc(C(F)(F)F)c2)cc1OC. The second-order valence-electron chi connectivity index (χ2n) is 8.46. The molecule has 40 heavy (non-hydrogen) atoms. The number of ether oxygens (including phenoxy) is 2. The highest BCUT2D eigenvalue weighted by atomic mass is 35.5. The number of amides is 1. The van der Waals surface area contributed by atoms with Gasteiger partial charge >= 0.3 is 6.18 Å². The molecule has 13 heteroatoms. The molecule has 0 saturated carbocycles. The number of methoxy groups -OCH3 is 2. The third-order valence-electron chi connectivity index (χ3n) is 5.66. The zero-order chi connectivity index (χ0) is 29.3. The number of hydrogen-bond donors (Lipinski definition) is 1. The first-order valence-electron chi connectivity index (χ1n) is 12.0. The van der Waals surface area contributed by atoms with Gasteiger partial charge < -0.3 is 14.8 Å². The summed E-state index contributed by atoms with van der Waals surface area (Å²) in [5.41, 5.74) is -0.246. The van der Waals surface area contributed by atoms with Crippen molar-refractivity contribution in [3.63, 3.8) is 0 Å². The fraction of sp³-hybridized carbons (Fsp3) is 0.296. The molecule has 0 heterocycles. The molecule has 0 aliphatic heterocycles. The van der Waals surface area contributed by atoms with E-state index in [-0.39, 0.29) is 28.6 Å². The molecule has 0 fully saturated rings. The molecule has 3 aromatic rings. The summed E-state index contributed by atoms with van der Waals surface area (Å²) in [6, 6.07) is 15.1. The van der Waals surface area contributed by atoms with Crippen molar-refractivity contribution < 1.29 is 35.9 Å². The highest BCUT2D eigenvalue weighted by Gasteiger charge is 2.33. The summed E-state index contributed by atoms with van der Waals surface area (Å²) >= 11 is 7.54. The predicted molar refractivity (Wildman–Crippen MR) is 151 cm³/mol. The Morgan fingerprint density at radius 1 is 1.00 bits per heavy atom. The monoisotopic (exact) mass is 616 g/mol. The van der Waals surface area contributed by atoms with E-state index in [0.29, 0.717) is 21.8 Å². The fourth-order valence-electron chi connectivity index (χ4n) is 3.62. The fourth-order valence-corrected chi connectivity index (χ4v) is 6.09. The maximum Gasteiger partial charge on any atom is 0.416 e. The lowest BCUT2D eigenvalue weighted by molar-refractivity contribution is -0.137. The number of thioether (sulfide) groups is 1. The Morgan fingerprint density at radius 3 is 2.35 bits per heavy atom. The van der Waals surface area contributed by atoms with E-state index in [1.807, 2.05) is 24.3 Å². The zero-order valence-corrected chi connectivity index (χ0v) is 24.1. The van der Waals surface area contributed by atoms with Crippen LogP contribution in [0.15, 0.2) is 71.6 Å². The van der Waals surface area contributed by atoms with E-state index in [0.717, 1.165) is 29.2 Å². The minimum absolute atomic E-state index is 0.105. The van der Waals surface area contributed by atoms with Gasteiger partial charge in [0.2, 0.25) is 5.91 Å². The molecule has 0 aliphatic rings. The van der Waals surface area contributed by atoms with E-state index < -0.39 is 34.2 Å². The summed E-state index contributed by atoms with van der Waals surface area (Å²) < 4.78 is 78.4. The first kappa shape index (κ1) is 31.4. The number of nitrogens with zero attached hydrogens (tertiary/aromatic N) is 1. The Balaban J connectivity index is 1.74. The normalized spacial score (nSPS) is 11.7. The van der Waals surface area contributed by atoms with Gasteiger partial charge in [0, 0.05) is 23.4 Å². The molecule has 0 atom stereocenters. The second kappa shape index (κ2) is 14.0. The van der Waals surface area contributed by atoms with E-state index in [4.69, 9.17) is 21.1 Å². The number of anilines is 1. The topological polar surface area (TPSA) is 84.9 Å². The summed E-state index contributed by atoms with van der Waals surface area (Å²) in [6.45, 7) is -0.463. The zero-order valence-electron chi connectivity index (χ0n) is 21.7. The van der Waals surface area contributed by atoms with Crippen LogP contribution in [0.4, 0.5) is 18.9 Å². The molecule has 0 aliphatic carbocycles. The Hall–Kier alpha value is -3.09. The molecule has 0 radical (unpaired) electrons. The molecule has 0 saturated heterocycles. The smallest absolute Gasteiger partial charge is 0.416 e. The molecular weight excluding hydrogens is 589 g/mol. The van der Waals surface area contributed by atoms with Crippen molar-refractivity contribution in [3.05, 3.63) is 82.9 Å². The van der Waals surface area contributed by atoms with E-state index in [1.54, 1.807) is 11.8 Å². The van der Waals surface area contributed by atoms with Gasteiger partial charge in [-0.1, -0.05) is 29.8 Å². The van der Waals surface area contributed by atoms with Crippen LogP contribution in [0.1, 0.15) is 17.5 Å². The van der Waals surface area contributed by atoms with Gasteiger partial charge in [0.15, 0.2) is 11.5 Å². The van der Waals surface area contributed by atoms with Crippen LogP contribution in [0.5, 0.6) is 11.5 Å². The van der Waals surface area contributed by atoms with Crippen molar-refractivity contribution >= 4 is 45.0 Å². The number of carbonyl (C=O) groups excluding carboxylic acids is 1. The molecule has 0 aromatic heterocycles. The maximum absolute atomic E-state index is 13.6. The number of alkyl halides is 3. The van der Waals surface area contributed by atoms with Crippen LogP contribution in [-0.4, -0.2) is 47.4 Å². The number of sulfonamides is 1. The van der Waals surface area contributed by atoms with E-state index in [1.165, 1.54) is 38.5 Å². The average molecular weight is 617 g/mol. The molecule has 0 spiro atoms. The van der Waals surface area contributed by atoms with Crippen LogP contribution in [0, 0.1) is 0 Å². The van der Waals surface area contributed by atoms with Gasteiger partial charge in [-0.15, -0.1) is 0 Å². The largest absolute Gasteiger partial charge is 0.493 e. The van der Waals surface area contributed by atoms with Gasteiger partial charge in [-0.05, 0) is 60.2 Å². The van der Waals surface area contributed by atoms with Crippen molar-refractivity contribution in [2.24, 2.45) is 0 Å². The molecule has 1 amide bonds. The first-order valence-corrected chi connectivity index (χ1v) is 14.9. The number of halogens is 4. The Bertz CT molecular complexity index is 1400. The summed E-state index contributed by atoms with van der Waals surface area (Å²) in [6.07, 6.45) is -4.10. The molecule has 216 valence electrons. The van der Waals surface area contributed by atoms with Crippen LogP contribution in [0.3, 0.4) is 0 Å². The van der Waals surface area contributed by atoms with Crippen molar-refractivity contribution in [3.8, 4) is 11.5 Å². The van der Waals surface area contributed by atoms with Crippen molar-refractivity contribution in [2.75, 3.05) is 37.4 Å². The number of benzene rings is 3. The highest BCUT2D eigenvalue weighted by molar-refractivity contribution is 7.98. The molecular formula is C27H28ClF3N2O5S2. The lowest BCUT2D eigenvalue weighted by Gasteiger charge is -2.25. The lowest BCUT2D eigenvalue weighted by atomic mass is 10.2. The van der Waals surface area contributed by atoms with Crippen molar-refractivity contribution in [2.45, 2.75) is 23.2 Å². The number of rotatable bonds is 13. The van der Waals surface area contributed by atoms with E-state index in [2.05, 4.69) is 5.32 Å². The van der Waals surface area contributed by atoms with Crippen molar-refractivity contribution in [1.29, 1.82) is 0 Å². The van der Waals surface area contributed by atoms with Gasteiger partial charge in [0.25, 0.3) is 10.0 Å². The lowest BCUT2D eigenvalue weighted by Crippen LogP contribution is -2.41. The Kier molecular flexibility index (Phi) is 11.0. The van der Waals surface area contributed by atoms with Crippen LogP contribution >= 0.6 is 23.4 Å². The van der Waals surface area contributed by atoms with Crippen LogP contribution in [-0.2, 0) is 26.7 Å². The number of carbonyl (C=O) groups is 1. The molecule has 0 unspecified atom stereocenters. The second-order valence-corrected chi connectivity index (χ2v) is 11.9. The molecule has 3 aromatic carbocycles. The Labute approximate surface area is 240 Å². The minimum Gasteiger partial charge on any atom is -0.493 e.